The van der Waals surface area contributed by atoms with Crippen LogP contribution in [0.15, 0.2) is 58.2 Å². The number of amides is 1. The van der Waals surface area contributed by atoms with E-state index in [0.29, 0.717) is 11.1 Å². The fourth-order valence-electron chi connectivity index (χ4n) is 3.41. The molecule has 4 rings (SSSR count). The zero-order valence-corrected chi connectivity index (χ0v) is 17.2. The van der Waals surface area contributed by atoms with Gasteiger partial charge in [-0.3, -0.25) is 9.69 Å². The molecule has 0 aliphatic carbocycles. The Labute approximate surface area is 174 Å². The Morgan fingerprint density at radius 1 is 1.10 bits per heavy atom. The highest BCUT2D eigenvalue weighted by molar-refractivity contribution is 7.99. The van der Waals surface area contributed by atoms with E-state index in [2.05, 4.69) is 32.5 Å². The molecule has 0 radical (unpaired) electrons. The van der Waals surface area contributed by atoms with Crippen molar-refractivity contribution in [1.82, 2.24) is 15.1 Å². The first-order chi connectivity index (χ1) is 14.2. The number of anilines is 1. The summed E-state index contributed by atoms with van der Waals surface area (Å²) >= 11 is 1.23. The van der Waals surface area contributed by atoms with Gasteiger partial charge in [-0.25, -0.2) is 0 Å². The molecule has 0 spiro atoms. The second-order valence-corrected chi connectivity index (χ2v) is 8.13. The van der Waals surface area contributed by atoms with E-state index >= 15 is 0 Å². The van der Waals surface area contributed by atoms with E-state index in [1.807, 2.05) is 43.3 Å². The molecule has 0 bridgehead atoms. The molecule has 6 nitrogen and oxygen atoms in total. The van der Waals surface area contributed by atoms with E-state index < -0.39 is 0 Å². The van der Waals surface area contributed by atoms with Crippen molar-refractivity contribution in [3.8, 4) is 11.5 Å². The number of aromatic nitrogens is 2. The summed E-state index contributed by atoms with van der Waals surface area (Å²) in [7, 11) is 0. The molecule has 150 valence electrons. The van der Waals surface area contributed by atoms with E-state index in [4.69, 9.17) is 4.42 Å². The zero-order valence-electron chi connectivity index (χ0n) is 16.4. The van der Waals surface area contributed by atoms with Crippen LogP contribution >= 0.6 is 11.8 Å². The van der Waals surface area contributed by atoms with Crippen LogP contribution in [0, 0.1) is 6.92 Å². The van der Waals surface area contributed by atoms with Crippen LogP contribution in [-0.4, -0.2) is 39.8 Å². The fourth-order valence-corrected chi connectivity index (χ4v) is 3.97. The minimum atomic E-state index is -0.0991. The molecule has 0 unspecified atom stereocenters. The SMILES string of the molecule is Cc1ccccc1-c1nnc(SCC(=O)Nc2ccc(CN3CCCC3)cc2)o1. The third-order valence-corrected chi connectivity index (χ3v) is 5.77. The summed E-state index contributed by atoms with van der Waals surface area (Å²) in [5.41, 5.74) is 4.05. The standard InChI is InChI=1S/C22H24N4O2S/c1-16-6-2-3-7-19(16)21-24-25-22(28-21)29-15-20(27)23-18-10-8-17(9-11-18)14-26-12-4-5-13-26/h2-3,6-11H,4-5,12-15H2,1H3,(H,23,27). The van der Waals surface area contributed by atoms with Gasteiger partial charge in [-0.05, 0) is 62.2 Å². The van der Waals surface area contributed by atoms with Crippen LogP contribution in [0.5, 0.6) is 0 Å². The lowest BCUT2D eigenvalue weighted by atomic mass is 10.1. The number of likely N-dealkylation sites (tertiary alicyclic amines) is 1. The molecule has 1 aromatic heterocycles. The number of hydrogen-bond acceptors (Lipinski definition) is 6. The van der Waals surface area contributed by atoms with Gasteiger partial charge in [-0.15, -0.1) is 10.2 Å². The smallest absolute Gasteiger partial charge is 0.277 e. The summed E-state index contributed by atoms with van der Waals surface area (Å²) in [6.45, 7) is 5.33. The van der Waals surface area contributed by atoms with Crippen molar-refractivity contribution < 1.29 is 9.21 Å². The molecule has 2 heterocycles. The Morgan fingerprint density at radius 2 is 1.86 bits per heavy atom. The quantitative estimate of drug-likeness (QED) is 0.585. The topological polar surface area (TPSA) is 71.3 Å². The lowest BCUT2D eigenvalue weighted by molar-refractivity contribution is -0.113. The predicted molar refractivity (Wildman–Crippen MR) is 115 cm³/mol. The molecule has 1 aliphatic rings. The molecule has 1 aliphatic heterocycles. The molecule has 1 fully saturated rings. The molecule has 2 aromatic carbocycles. The molecule has 7 heteroatoms. The number of nitrogens with zero attached hydrogens (tertiary/aromatic N) is 3. The average Bonchev–Trinajstić information content (AvgIpc) is 3.40. The number of thioether (sulfide) groups is 1. The number of carbonyl (C=O) groups excluding carboxylic acids is 1. The van der Waals surface area contributed by atoms with Gasteiger partial charge in [0.05, 0.1) is 5.75 Å². The number of nitrogens with one attached hydrogen (secondary N) is 1. The van der Waals surface area contributed by atoms with Gasteiger partial charge in [-0.1, -0.05) is 42.1 Å². The summed E-state index contributed by atoms with van der Waals surface area (Å²) < 4.78 is 5.69. The Balaban J connectivity index is 1.27. The van der Waals surface area contributed by atoms with Crippen molar-refractivity contribution in [2.24, 2.45) is 0 Å². The molecule has 1 amide bonds. The monoisotopic (exact) mass is 408 g/mol. The average molecular weight is 409 g/mol. The van der Waals surface area contributed by atoms with E-state index in [0.717, 1.165) is 23.4 Å². The third kappa shape index (κ3) is 5.25. The highest BCUT2D eigenvalue weighted by Gasteiger charge is 2.14. The second kappa shape index (κ2) is 9.24. The van der Waals surface area contributed by atoms with E-state index in [1.165, 1.54) is 43.3 Å². The normalized spacial score (nSPS) is 14.2. The first kappa shape index (κ1) is 19.7. The molecular weight excluding hydrogens is 384 g/mol. The Kier molecular flexibility index (Phi) is 6.27. The first-order valence-corrected chi connectivity index (χ1v) is 10.8. The van der Waals surface area contributed by atoms with Gasteiger partial charge in [0.25, 0.3) is 5.22 Å². The van der Waals surface area contributed by atoms with Crippen molar-refractivity contribution in [1.29, 1.82) is 0 Å². The van der Waals surface area contributed by atoms with Crippen LogP contribution < -0.4 is 5.32 Å². The lowest BCUT2D eigenvalue weighted by Crippen LogP contribution is -2.18. The van der Waals surface area contributed by atoms with Crippen molar-refractivity contribution in [3.63, 3.8) is 0 Å². The van der Waals surface area contributed by atoms with Crippen LogP contribution in [0.1, 0.15) is 24.0 Å². The number of hydrogen-bond donors (Lipinski definition) is 1. The molecule has 29 heavy (non-hydrogen) atoms. The number of benzene rings is 2. The molecular formula is C22H24N4O2S. The Morgan fingerprint density at radius 3 is 2.62 bits per heavy atom. The van der Waals surface area contributed by atoms with Crippen molar-refractivity contribution >= 4 is 23.4 Å². The summed E-state index contributed by atoms with van der Waals surface area (Å²) in [6, 6.07) is 15.9. The van der Waals surface area contributed by atoms with E-state index in [-0.39, 0.29) is 11.7 Å². The minimum absolute atomic E-state index is 0.0991. The van der Waals surface area contributed by atoms with Crippen LogP contribution in [0.25, 0.3) is 11.5 Å². The summed E-state index contributed by atoms with van der Waals surface area (Å²) in [4.78, 5) is 14.7. The molecule has 3 aromatic rings. The van der Waals surface area contributed by atoms with Gasteiger partial charge in [0.2, 0.25) is 11.8 Å². The van der Waals surface area contributed by atoms with Gasteiger partial charge in [0, 0.05) is 17.8 Å². The third-order valence-electron chi connectivity index (χ3n) is 4.95. The highest BCUT2D eigenvalue weighted by atomic mass is 32.2. The van der Waals surface area contributed by atoms with E-state index in [1.54, 1.807) is 0 Å². The maximum atomic E-state index is 12.3. The van der Waals surface area contributed by atoms with E-state index in [9.17, 15) is 4.79 Å². The van der Waals surface area contributed by atoms with Crippen LogP contribution in [-0.2, 0) is 11.3 Å². The predicted octanol–water partition coefficient (Wildman–Crippen LogP) is 4.37. The number of aryl methyl sites for hydroxylation is 1. The highest BCUT2D eigenvalue weighted by Crippen LogP contribution is 2.25. The number of carbonyl (C=O) groups is 1. The van der Waals surface area contributed by atoms with Crippen LogP contribution in [0.4, 0.5) is 5.69 Å². The minimum Gasteiger partial charge on any atom is -0.411 e. The molecule has 0 saturated carbocycles. The summed E-state index contributed by atoms with van der Waals surface area (Å²) in [6.07, 6.45) is 2.58. The molecule has 1 saturated heterocycles. The first-order valence-electron chi connectivity index (χ1n) is 9.81. The van der Waals surface area contributed by atoms with Crippen molar-refractivity contribution in [3.05, 3.63) is 59.7 Å². The van der Waals surface area contributed by atoms with Gasteiger partial charge < -0.3 is 9.73 Å². The van der Waals surface area contributed by atoms with Gasteiger partial charge in [0.1, 0.15) is 0 Å². The maximum absolute atomic E-state index is 12.3. The lowest BCUT2D eigenvalue weighted by Gasteiger charge is -2.14. The van der Waals surface area contributed by atoms with Crippen LogP contribution in [0.2, 0.25) is 0 Å². The van der Waals surface area contributed by atoms with Crippen molar-refractivity contribution in [2.75, 3.05) is 24.2 Å². The summed E-state index contributed by atoms with van der Waals surface area (Å²) in [5.74, 6) is 0.586. The van der Waals surface area contributed by atoms with Gasteiger partial charge in [0.15, 0.2) is 0 Å². The molecule has 1 N–H and O–H groups in total. The fraction of sp³-hybridized carbons (Fsp3) is 0.318. The molecule has 0 atom stereocenters. The van der Waals surface area contributed by atoms with Gasteiger partial charge in [-0.2, -0.15) is 0 Å². The van der Waals surface area contributed by atoms with Gasteiger partial charge >= 0.3 is 0 Å². The Bertz CT molecular complexity index is 965. The zero-order chi connectivity index (χ0) is 20.1. The second-order valence-electron chi connectivity index (χ2n) is 7.21. The van der Waals surface area contributed by atoms with Crippen molar-refractivity contribution in [2.45, 2.75) is 31.5 Å². The Hall–Kier alpha value is -2.64. The number of rotatable bonds is 7. The summed E-state index contributed by atoms with van der Waals surface area (Å²) in [5, 5.41) is 11.4. The maximum Gasteiger partial charge on any atom is 0.277 e. The largest absolute Gasteiger partial charge is 0.411 e. The van der Waals surface area contributed by atoms with Crippen LogP contribution in [0.3, 0.4) is 0 Å².